The molecule has 0 atom stereocenters. The van der Waals surface area contributed by atoms with Gasteiger partial charge in [0, 0.05) is 17.4 Å². The average molecular weight is 310 g/mol. The first-order valence-electron chi connectivity index (χ1n) is 7.54. The summed E-state index contributed by atoms with van der Waals surface area (Å²) in [6.45, 7) is 6.57. The van der Waals surface area contributed by atoms with Crippen molar-refractivity contribution in [3.63, 3.8) is 0 Å². The lowest BCUT2D eigenvalue weighted by Crippen LogP contribution is -2.19. The van der Waals surface area contributed by atoms with Gasteiger partial charge >= 0.3 is 6.03 Å². The van der Waals surface area contributed by atoms with Gasteiger partial charge in [-0.25, -0.2) is 4.79 Å². The summed E-state index contributed by atoms with van der Waals surface area (Å²) >= 11 is 0. The Balaban J connectivity index is 1.92. The fourth-order valence-electron chi connectivity index (χ4n) is 1.90. The predicted octanol–water partition coefficient (Wildman–Crippen LogP) is 4.98. The van der Waals surface area contributed by atoms with Crippen LogP contribution in [0.5, 0.6) is 5.75 Å². The van der Waals surface area contributed by atoms with Crippen LogP contribution in [-0.4, -0.2) is 12.6 Å². The Bertz CT molecular complexity index is 687. The second-order valence-corrected chi connectivity index (χ2v) is 5.57. The molecule has 120 valence electrons. The highest BCUT2D eigenvalue weighted by atomic mass is 16.5. The maximum Gasteiger partial charge on any atom is 0.323 e. The Kier molecular flexibility index (Phi) is 5.80. The van der Waals surface area contributed by atoms with E-state index < -0.39 is 0 Å². The summed E-state index contributed by atoms with van der Waals surface area (Å²) in [5.74, 6) is 0.718. The molecule has 4 nitrogen and oxygen atoms in total. The first kappa shape index (κ1) is 16.6. The van der Waals surface area contributed by atoms with Crippen LogP contribution in [0.3, 0.4) is 0 Å². The third-order valence-electron chi connectivity index (χ3n) is 3.14. The molecule has 2 rings (SSSR count). The zero-order valence-corrected chi connectivity index (χ0v) is 13.7. The number of rotatable bonds is 5. The molecular formula is C19H22N2O2. The molecule has 2 N–H and O–H groups in total. The van der Waals surface area contributed by atoms with Crippen molar-refractivity contribution in [1.82, 2.24) is 0 Å². The Morgan fingerprint density at radius 3 is 2.43 bits per heavy atom. The normalized spacial score (nSPS) is 9.87. The molecule has 4 heteroatoms. The van der Waals surface area contributed by atoms with Gasteiger partial charge in [-0.2, -0.15) is 0 Å². The van der Waals surface area contributed by atoms with E-state index in [1.165, 1.54) is 5.57 Å². The van der Waals surface area contributed by atoms with Crippen molar-refractivity contribution in [2.75, 3.05) is 17.2 Å². The Labute approximate surface area is 137 Å². The zero-order chi connectivity index (χ0) is 16.7. The van der Waals surface area contributed by atoms with Crippen LogP contribution in [0.4, 0.5) is 16.2 Å². The molecule has 2 aromatic rings. The Hall–Kier alpha value is -2.75. The van der Waals surface area contributed by atoms with E-state index in [-0.39, 0.29) is 6.03 Å². The molecule has 0 unspecified atom stereocenters. The first-order valence-corrected chi connectivity index (χ1v) is 7.54. The van der Waals surface area contributed by atoms with Gasteiger partial charge in [-0.05, 0) is 51.1 Å². The SMILES string of the molecule is CC(C)=CCOc1cccc(NC(=O)Nc2ccc(C)cc2)c1. The van der Waals surface area contributed by atoms with Gasteiger partial charge in [0.1, 0.15) is 12.4 Å². The number of aryl methyl sites for hydroxylation is 1. The van der Waals surface area contributed by atoms with E-state index in [1.807, 2.05) is 69.3 Å². The smallest absolute Gasteiger partial charge is 0.323 e. The summed E-state index contributed by atoms with van der Waals surface area (Å²) in [4.78, 5) is 12.0. The number of amides is 2. The minimum atomic E-state index is -0.282. The molecule has 0 aliphatic heterocycles. The van der Waals surface area contributed by atoms with E-state index in [0.29, 0.717) is 12.3 Å². The summed E-state index contributed by atoms with van der Waals surface area (Å²) in [5.41, 5.74) is 3.79. The van der Waals surface area contributed by atoms with E-state index in [9.17, 15) is 4.79 Å². The number of allylic oxidation sites excluding steroid dienone is 1. The van der Waals surface area contributed by atoms with Gasteiger partial charge in [-0.1, -0.05) is 29.3 Å². The third kappa shape index (κ3) is 5.87. The topological polar surface area (TPSA) is 50.4 Å². The zero-order valence-electron chi connectivity index (χ0n) is 13.7. The fourth-order valence-corrected chi connectivity index (χ4v) is 1.90. The van der Waals surface area contributed by atoms with Crippen LogP contribution < -0.4 is 15.4 Å². The number of nitrogens with one attached hydrogen (secondary N) is 2. The van der Waals surface area contributed by atoms with Crippen molar-refractivity contribution in [1.29, 1.82) is 0 Å². The summed E-state index contributed by atoms with van der Waals surface area (Å²) in [7, 11) is 0. The Morgan fingerprint density at radius 1 is 1.04 bits per heavy atom. The summed E-state index contributed by atoms with van der Waals surface area (Å²) in [5, 5.41) is 5.59. The number of hydrogen-bond donors (Lipinski definition) is 2. The molecule has 0 aliphatic rings. The van der Waals surface area contributed by atoms with Crippen molar-refractivity contribution < 1.29 is 9.53 Å². The standard InChI is InChI=1S/C19H22N2O2/c1-14(2)11-12-23-18-6-4-5-17(13-18)21-19(22)20-16-9-7-15(3)8-10-16/h4-11,13H,12H2,1-3H3,(H2,20,21,22). The maximum atomic E-state index is 12.0. The van der Waals surface area contributed by atoms with E-state index >= 15 is 0 Å². The fraction of sp³-hybridized carbons (Fsp3) is 0.211. The molecule has 0 bridgehead atoms. The second-order valence-electron chi connectivity index (χ2n) is 5.57. The monoisotopic (exact) mass is 310 g/mol. The lowest BCUT2D eigenvalue weighted by atomic mass is 10.2. The van der Waals surface area contributed by atoms with Crippen LogP contribution in [0, 0.1) is 6.92 Å². The number of ether oxygens (including phenoxy) is 1. The lowest BCUT2D eigenvalue weighted by Gasteiger charge is -2.10. The summed E-state index contributed by atoms with van der Waals surface area (Å²) in [6, 6.07) is 14.7. The molecule has 23 heavy (non-hydrogen) atoms. The number of anilines is 2. The molecule has 0 saturated heterocycles. The second kappa shape index (κ2) is 8.03. The van der Waals surface area contributed by atoms with Gasteiger partial charge in [-0.3, -0.25) is 0 Å². The van der Waals surface area contributed by atoms with Crippen molar-refractivity contribution in [3.8, 4) is 5.75 Å². The minimum Gasteiger partial charge on any atom is -0.489 e. The first-order chi connectivity index (χ1) is 11.0. The molecule has 0 spiro atoms. The highest BCUT2D eigenvalue weighted by Gasteiger charge is 2.03. The number of carbonyl (C=O) groups excluding carboxylic acids is 1. The van der Waals surface area contributed by atoms with Gasteiger partial charge in [0.05, 0.1) is 0 Å². The van der Waals surface area contributed by atoms with Crippen molar-refractivity contribution in [2.45, 2.75) is 20.8 Å². The van der Waals surface area contributed by atoms with E-state index in [4.69, 9.17) is 4.74 Å². The van der Waals surface area contributed by atoms with Gasteiger partial charge in [-0.15, -0.1) is 0 Å². The van der Waals surface area contributed by atoms with Crippen LogP contribution in [0.15, 0.2) is 60.2 Å². The molecule has 2 aromatic carbocycles. The predicted molar refractivity (Wildman–Crippen MR) is 95.2 cm³/mol. The van der Waals surface area contributed by atoms with Gasteiger partial charge in [0.15, 0.2) is 0 Å². The van der Waals surface area contributed by atoms with Crippen LogP contribution in [0.25, 0.3) is 0 Å². The number of urea groups is 1. The Morgan fingerprint density at radius 2 is 1.74 bits per heavy atom. The number of hydrogen-bond acceptors (Lipinski definition) is 2. The quantitative estimate of drug-likeness (QED) is 0.765. The van der Waals surface area contributed by atoms with Crippen molar-refractivity contribution in [2.24, 2.45) is 0 Å². The molecule has 0 fully saturated rings. The van der Waals surface area contributed by atoms with Crippen molar-refractivity contribution in [3.05, 3.63) is 65.7 Å². The van der Waals surface area contributed by atoms with Crippen LogP contribution in [0.2, 0.25) is 0 Å². The van der Waals surface area contributed by atoms with Crippen molar-refractivity contribution >= 4 is 17.4 Å². The molecule has 0 heterocycles. The number of carbonyl (C=O) groups is 1. The molecule has 0 aromatic heterocycles. The van der Waals surface area contributed by atoms with Gasteiger partial charge in [0.25, 0.3) is 0 Å². The van der Waals surface area contributed by atoms with E-state index in [2.05, 4.69) is 10.6 Å². The largest absolute Gasteiger partial charge is 0.489 e. The van der Waals surface area contributed by atoms with E-state index in [1.54, 1.807) is 6.07 Å². The highest BCUT2D eigenvalue weighted by Crippen LogP contribution is 2.18. The summed E-state index contributed by atoms with van der Waals surface area (Å²) in [6.07, 6.45) is 2.00. The molecule has 0 radical (unpaired) electrons. The van der Waals surface area contributed by atoms with Crippen LogP contribution >= 0.6 is 0 Å². The molecular weight excluding hydrogens is 288 g/mol. The van der Waals surface area contributed by atoms with Gasteiger partial charge < -0.3 is 15.4 Å². The lowest BCUT2D eigenvalue weighted by molar-refractivity contribution is 0.262. The number of benzene rings is 2. The minimum absolute atomic E-state index is 0.282. The highest BCUT2D eigenvalue weighted by molar-refractivity contribution is 5.99. The van der Waals surface area contributed by atoms with Crippen LogP contribution in [-0.2, 0) is 0 Å². The van der Waals surface area contributed by atoms with E-state index in [0.717, 1.165) is 17.0 Å². The summed E-state index contributed by atoms with van der Waals surface area (Å²) < 4.78 is 5.62. The molecule has 0 aliphatic carbocycles. The van der Waals surface area contributed by atoms with Crippen LogP contribution in [0.1, 0.15) is 19.4 Å². The average Bonchev–Trinajstić information content (AvgIpc) is 2.49. The molecule has 2 amide bonds. The maximum absolute atomic E-state index is 12.0. The molecule has 0 saturated carbocycles. The van der Waals surface area contributed by atoms with Gasteiger partial charge in [0.2, 0.25) is 0 Å². The third-order valence-corrected chi connectivity index (χ3v) is 3.14.